The summed E-state index contributed by atoms with van der Waals surface area (Å²) in [6.07, 6.45) is -2.32. The van der Waals surface area contributed by atoms with Gasteiger partial charge in [0.05, 0.1) is 12.9 Å². The molecule has 1 aliphatic heterocycles. The number of hydrogen-bond acceptors (Lipinski definition) is 8. The summed E-state index contributed by atoms with van der Waals surface area (Å²) < 4.78 is 28.5. The predicted molar refractivity (Wildman–Crippen MR) is 148 cm³/mol. The maximum absolute atomic E-state index is 14.2. The molecule has 0 amide bonds. The van der Waals surface area contributed by atoms with E-state index in [1.807, 2.05) is 91.0 Å². The number of ether oxygens (including phenoxy) is 2. The minimum atomic E-state index is -1.33. The van der Waals surface area contributed by atoms with E-state index in [0.29, 0.717) is 10.5 Å². The summed E-state index contributed by atoms with van der Waals surface area (Å²) in [7, 11) is 0. The molecule has 0 bridgehead atoms. The number of halogens is 1. The topological polar surface area (TPSA) is 103 Å². The zero-order valence-corrected chi connectivity index (χ0v) is 22.4. The second kappa shape index (κ2) is 11.1. The number of aliphatic hydroxyl groups is 2. The number of rotatable bonds is 8. The Hall–Kier alpha value is -3.67. The Morgan fingerprint density at radius 3 is 1.95 bits per heavy atom. The third-order valence-corrected chi connectivity index (χ3v) is 7.84. The van der Waals surface area contributed by atoms with Crippen molar-refractivity contribution >= 4 is 22.9 Å². The molecule has 0 radical (unpaired) electrons. The number of benzene rings is 3. The fourth-order valence-corrected chi connectivity index (χ4v) is 5.77. The molecule has 0 aliphatic carbocycles. The quantitative estimate of drug-likeness (QED) is 0.126. The summed E-state index contributed by atoms with van der Waals surface area (Å²) in [4.78, 5) is 12.0. The Balaban J connectivity index is 1.36. The highest BCUT2D eigenvalue weighted by Crippen LogP contribution is 2.42. The maximum atomic E-state index is 14.2. The van der Waals surface area contributed by atoms with Crippen LogP contribution < -0.4 is 0 Å². The lowest BCUT2D eigenvalue weighted by atomic mass is 9.80. The number of aliphatic hydroxyl groups excluding tert-OH is 2. The van der Waals surface area contributed by atoms with E-state index in [-0.39, 0.29) is 12.3 Å². The average Bonchev–Trinajstić information content (AvgIpc) is 3.54. The molecule has 6 rings (SSSR count). The van der Waals surface area contributed by atoms with Crippen LogP contribution in [0, 0.1) is 6.08 Å². The molecule has 5 aromatic rings. The molecule has 2 N–H and O–H groups in total. The van der Waals surface area contributed by atoms with E-state index in [4.69, 9.17) is 9.47 Å². The molecule has 4 atom stereocenters. The third-order valence-electron chi connectivity index (χ3n) is 7.17. The van der Waals surface area contributed by atoms with Crippen molar-refractivity contribution in [2.24, 2.45) is 0 Å². The van der Waals surface area contributed by atoms with Crippen molar-refractivity contribution in [1.82, 2.24) is 19.5 Å². The van der Waals surface area contributed by atoms with Gasteiger partial charge in [0.1, 0.15) is 34.5 Å². The van der Waals surface area contributed by atoms with Crippen LogP contribution in [-0.4, -0.2) is 60.9 Å². The molecular formula is C30H27FN4O4S. The van der Waals surface area contributed by atoms with Gasteiger partial charge in [-0.2, -0.15) is 14.4 Å². The minimum absolute atomic E-state index is 0.0561. The molecule has 40 heavy (non-hydrogen) atoms. The lowest BCUT2D eigenvalue weighted by Crippen LogP contribution is -2.39. The van der Waals surface area contributed by atoms with Crippen molar-refractivity contribution < 1.29 is 24.1 Å². The van der Waals surface area contributed by atoms with Gasteiger partial charge in [0.15, 0.2) is 11.9 Å². The van der Waals surface area contributed by atoms with Crippen LogP contribution in [-0.2, 0) is 15.1 Å². The molecular weight excluding hydrogens is 531 g/mol. The molecule has 3 heterocycles. The predicted octanol–water partition coefficient (Wildman–Crippen LogP) is 4.32. The van der Waals surface area contributed by atoms with Gasteiger partial charge in [0.25, 0.3) is 0 Å². The molecule has 3 aromatic carbocycles. The van der Waals surface area contributed by atoms with Crippen LogP contribution in [0.1, 0.15) is 22.9 Å². The monoisotopic (exact) mass is 558 g/mol. The number of imidazole rings is 1. The molecule has 2 aromatic heterocycles. The number of aromatic nitrogens is 4. The second-order valence-corrected chi connectivity index (χ2v) is 10.3. The van der Waals surface area contributed by atoms with E-state index >= 15 is 0 Å². The van der Waals surface area contributed by atoms with E-state index in [2.05, 4.69) is 15.0 Å². The highest BCUT2D eigenvalue weighted by Gasteiger charge is 2.47. The lowest BCUT2D eigenvalue weighted by Gasteiger charge is -2.37. The SMILES string of the molecule is CSc1nc(F)nc2c1ncn2[C@@H]1O[C@H](COC(c2ccccc2)(c2ccccc2)c2ccccc2)[C@@H](O)[C@H]1O. The van der Waals surface area contributed by atoms with Crippen LogP contribution in [0.25, 0.3) is 11.2 Å². The van der Waals surface area contributed by atoms with E-state index in [0.717, 1.165) is 16.7 Å². The van der Waals surface area contributed by atoms with Crippen molar-refractivity contribution in [3.63, 3.8) is 0 Å². The van der Waals surface area contributed by atoms with Gasteiger partial charge in [-0.25, -0.2) is 4.98 Å². The Bertz CT molecular complexity index is 1490. The fraction of sp³-hybridized carbons (Fsp3) is 0.233. The van der Waals surface area contributed by atoms with E-state index in [1.165, 1.54) is 22.7 Å². The molecule has 1 saturated heterocycles. The van der Waals surface area contributed by atoms with Gasteiger partial charge in [0, 0.05) is 0 Å². The Morgan fingerprint density at radius 2 is 1.43 bits per heavy atom. The molecule has 0 unspecified atom stereocenters. The van der Waals surface area contributed by atoms with Gasteiger partial charge in [-0.15, -0.1) is 11.8 Å². The Labute approximate surface area is 234 Å². The van der Waals surface area contributed by atoms with Crippen LogP contribution in [0.2, 0.25) is 0 Å². The highest BCUT2D eigenvalue weighted by molar-refractivity contribution is 7.98. The third kappa shape index (κ3) is 4.57. The van der Waals surface area contributed by atoms with E-state index in [9.17, 15) is 14.6 Å². The Kier molecular flexibility index (Phi) is 7.35. The van der Waals surface area contributed by atoms with E-state index in [1.54, 1.807) is 6.26 Å². The summed E-state index contributed by atoms with van der Waals surface area (Å²) in [6.45, 7) is -0.0561. The molecule has 10 heteroatoms. The first kappa shape index (κ1) is 26.5. The van der Waals surface area contributed by atoms with Crippen molar-refractivity contribution in [3.05, 3.63) is 120 Å². The normalized spacial score (nSPS) is 21.2. The molecule has 1 aliphatic rings. The zero-order chi connectivity index (χ0) is 27.7. The molecule has 204 valence electrons. The fourth-order valence-electron chi connectivity index (χ4n) is 5.27. The number of fused-ring (bicyclic) bond motifs is 1. The van der Waals surface area contributed by atoms with Crippen LogP contribution >= 0.6 is 11.8 Å². The highest BCUT2D eigenvalue weighted by atomic mass is 32.2. The number of hydrogen-bond donors (Lipinski definition) is 2. The van der Waals surface area contributed by atoms with Gasteiger partial charge >= 0.3 is 6.08 Å². The average molecular weight is 559 g/mol. The second-order valence-electron chi connectivity index (χ2n) is 9.46. The van der Waals surface area contributed by atoms with Gasteiger partial charge in [0.2, 0.25) is 0 Å². The van der Waals surface area contributed by atoms with Crippen molar-refractivity contribution in [3.8, 4) is 0 Å². The van der Waals surface area contributed by atoms with E-state index < -0.39 is 36.2 Å². The molecule has 0 saturated carbocycles. The molecule has 1 fully saturated rings. The van der Waals surface area contributed by atoms with Crippen LogP contribution in [0.3, 0.4) is 0 Å². The van der Waals surface area contributed by atoms with Crippen LogP contribution in [0.5, 0.6) is 0 Å². The first-order chi connectivity index (χ1) is 19.5. The molecule has 8 nitrogen and oxygen atoms in total. The smallest absolute Gasteiger partial charge is 0.311 e. The van der Waals surface area contributed by atoms with Crippen molar-refractivity contribution in [1.29, 1.82) is 0 Å². The van der Waals surface area contributed by atoms with Gasteiger partial charge in [-0.05, 0) is 22.9 Å². The summed E-state index contributed by atoms with van der Waals surface area (Å²) >= 11 is 1.24. The van der Waals surface area contributed by atoms with Gasteiger partial charge in [-0.1, -0.05) is 91.0 Å². The van der Waals surface area contributed by atoms with Crippen LogP contribution in [0.15, 0.2) is 102 Å². The number of thioether (sulfide) groups is 1. The van der Waals surface area contributed by atoms with Crippen molar-refractivity contribution in [2.75, 3.05) is 12.9 Å². The first-order valence-corrected chi connectivity index (χ1v) is 14.0. The van der Waals surface area contributed by atoms with Gasteiger partial charge in [-0.3, -0.25) is 4.57 Å². The lowest BCUT2D eigenvalue weighted by molar-refractivity contribution is -0.0942. The van der Waals surface area contributed by atoms with Gasteiger partial charge < -0.3 is 19.7 Å². The standard InChI is InChI=1S/C30H27FN4O4S/c1-40-27-23-26(33-29(31)34-27)35(18-32-23)28-25(37)24(36)22(39-28)17-38-30(19-11-5-2-6-12-19,20-13-7-3-8-14-20)21-15-9-4-10-16-21/h2-16,18,22,24-25,28,36-37H,17H2,1H3/t22-,24-,25-,28-/m1/s1. The maximum Gasteiger partial charge on any atom is 0.311 e. The number of nitrogens with zero attached hydrogens (tertiary/aromatic N) is 4. The Morgan fingerprint density at radius 1 is 0.875 bits per heavy atom. The van der Waals surface area contributed by atoms with Crippen molar-refractivity contribution in [2.45, 2.75) is 35.2 Å². The summed E-state index contributed by atoms with van der Waals surface area (Å²) in [5.74, 6) is 0. The minimum Gasteiger partial charge on any atom is -0.387 e. The first-order valence-electron chi connectivity index (χ1n) is 12.8. The largest absolute Gasteiger partial charge is 0.387 e. The summed E-state index contributed by atoms with van der Waals surface area (Å²) in [6, 6.07) is 29.5. The summed E-state index contributed by atoms with van der Waals surface area (Å²) in [5, 5.41) is 22.4. The van der Waals surface area contributed by atoms with Crippen LogP contribution in [0.4, 0.5) is 4.39 Å². The molecule has 0 spiro atoms. The summed E-state index contributed by atoms with van der Waals surface area (Å²) in [5.41, 5.74) is 2.22. The zero-order valence-electron chi connectivity index (χ0n) is 21.5.